The largest absolute Gasteiger partial charge is 0.450 e. The average molecular weight is 466 g/mol. The Kier molecular flexibility index (Phi) is 8.21. The van der Waals surface area contributed by atoms with Crippen LogP contribution in [0.3, 0.4) is 0 Å². The summed E-state index contributed by atoms with van der Waals surface area (Å²) in [7, 11) is -5.31. The summed E-state index contributed by atoms with van der Waals surface area (Å²) in [6.07, 6.45) is 12.2. The van der Waals surface area contributed by atoms with E-state index in [-0.39, 0.29) is 18.1 Å². The van der Waals surface area contributed by atoms with Gasteiger partial charge in [-0.15, -0.1) is 0 Å². The number of alkyl halides is 2. The van der Waals surface area contributed by atoms with Gasteiger partial charge < -0.3 is 10.1 Å². The molecule has 31 heavy (non-hydrogen) atoms. The van der Waals surface area contributed by atoms with E-state index in [0.717, 1.165) is 75.5 Å². The first-order chi connectivity index (χ1) is 14.6. The monoisotopic (exact) mass is 465 g/mol. The fourth-order valence-corrected chi connectivity index (χ4v) is 6.71. The normalized spacial score (nSPS) is 29.8. The molecule has 6 nitrogen and oxygen atoms in total. The van der Waals surface area contributed by atoms with Gasteiger partial charge in [0, 0.05) is 12.0 Å². The Morgan fingerprint density at radius 2 is 1.35 bits per heavy atom. The van der Waals surface area contributed by atoms with E-state index in [1.54, 1.807) is 0 Å². The highest BCUT2D eigenvalue weighted by Gasteiger charge is 2.51. The zero-order valence-corrected chi connectivity index (χ0v) is 19.1. The van der Waals surface area contributed by atoms with Gasteiger partial charge >= 0.3 is 21.5 Å². The van der Waals surface area contributed by atoms with Gasteiger partial charge in [-0.05, 0) is 69.1 Å². The van der Waals surface area contributed by atoms with Gasteiger partial charge in [-0.2, -0.15) is 17.2 Å². The van der Waals surface area contributed by atoms with Crippen LogP contribution in [0.4, 0.5) is 13.6 Å². The Morgan fingerprint density at radius 3 is 1.84 bits per heavy atom. The average Bonchev–Trinajstić information content (AvgIpc) is 2.63. The lowest BCUT2D eigenvalue weighted by molar-refractivity contribution is -0.0191. The molecular weight excluding hydrogens is 428 g/mol. The quantitative estimate of drug-likeness (QED) is 0.270. The van der Waals surface area contributed by atoms with Gasteiger partial charge in [0.05, 0.1) is 6.61 Å². The van der Waals surface area contributed by atoms with E-state index in [0.29, 0.717) is 13.0 Å². The van der Waals surface area contributed by atoms with Crippen LogP contribution < -0.4 is 5.32 Å². The van der Waals surface area contributed by atoms with Gasteiger partial charge in [-0.1, -0.05) is 38.5 Å². The maximum Gasteiger partial charge on any atom is 0.407 e. The number of carbonyl (C=O) groups is 1. The van der Waals surface area contributed by atoms with Gasteiger partial charge in [0.1, 0.15) is 0 Å². The van der Waals surface area contributed by atoms with Crippen molar-refractivity contribution in [2.75, 3.05) is 6.61 Å². The smallest absolute Gasteiger partial charge is 0.407 e. The molecular formula is C22H37F2NO5S. The number of amides is 1. The summed E-state index contributed by atoms with van der Waals surface area (Å²) in [5.41, 5.74) is -0.0167. The molecule has 0 aromatic rings. The lowest BCUT2D eigenvalue weighted by atomic mass is 9.53. The van der Waals surface area contributed by atoms with E-state index >= 15 is 0 Å². The van der Waals surface area contributed by atoms with Crippen molar-refractivity contribution < 1.29 is 31.3 Å². The fraction of sp³-hybridized carbons (Fsp3) is 0.955. The van der Waals surface area contributed by atoms with Gasteiger partial charge in [0.2, 0.25) is 0 Å². The molecule has 0 unspecified atom stereocenters. The topological polar surface area (TPSA) is 92.7 Å². The first kappa shape index (κ1) is 24.7. The lowest BCUT2D eigenvalue weighted by Gasteiger charge is -2.56. The van der Waals surface area contributed by atoms with Crippen molar-refractivity contribution in [1.82, 2.24) is 5.32 Å². The minimum Gasteiger partial charge on any atom is -0.450 e. The second-order valence-electron chi connectivity index (χ2n) is 10.1. The summed E-state index contributed by atoms with van der Waals surface area (Å²) in [5, 5.41) is -0.839. The number of halogens is 2. The summed E-state index contributed by atoms with van der Waals surface area (Å²) < 4.78 is 61.0. The molecule has 0 saturated heterocycles. The summed E-state index contributed by atoms with van der Waals surface area (Å²) in [4.78, 5) is 12.3. The summed E-state index contributed by atoms with van der Waals surface area (Å²) in [6, 6.07) is 0. The molecule has 0 aliphatic heterocycles. The number of hydrogen-bond donors (Lipinski definition) is 2. The Bertz CT molecular complexity index is 677. The van der Waals surface area contributed by atoms with Crippen LogP contribution in [0, 0.1) is 17.8 Å². The number of unbranched alkanes of at least 4 members (excludes halogenated alkanes) is 7. The van der Waals surface area contributed by atoms with Crippen LogP contribution in [0.15, 0.2) is 0 Å². The molecule has 1 amide bonds. The lowest BCUT2D eigenvalue weighted by Crippen LogP contribution is -2.59. The zero-order valence-electron chi connectivity index (χ0n) is 18.3. The number of rotatable bonds is 13. The molecule has 180 valence electrons. The Balaban J connectivity index is 1.16. The highest BCUT2D eigenvalue weighted by molar-refractivity contribution is 7.86. The zero-order chi connectivity index (χ0) is 22.5. The van der Waals surface area contributed by atoms with Crippen molar-refractivity contribution in [2.45, 2.75) is 107 Å². The van der Waals surface area contributed by atoms with Gasteiger partial charge in [0.15, 0.2) is 0 Å². The third-order valence-electron chi connectivity index (χ3n) is 7.38. The van der Waals surface area contributed by atoms with Crippen molar-refractivity contribution in [3.05, 3.63) is 0 Å². The SMILES string of the molecule is O=C(NC12CC3CC(CC(C3)C1)C2)OCCCCCCCCCCC(F)(F)S(=O)(=O)O. The van der Waals surface area contributed by atoms with Crippen LogP contribution in [0.25, 0.3) is 0 Å². The molecule has 4 saturated carbocycles. The Morgan fingerprint density at radius 1 is 0.903 bits per heavy atom. The third-order valence-corrected chi connectivity index (χ3v) is 8.34. The third kappa shape index (κ3) is 7.01. The molecule has 4 bridgehead atoms. The van der Waals surface area contributed by atoms with Gasteiger partial charge in [-0.25, -0.2) is 4.79 Å². The molecule has 0 spiro atoms. The molecule has 0 aromatic heterocycles. The van der Waals surface area contributed by atoms with Crippen molar-refractivity contribution in [2.24, 2.45) is 17.8 Å². The minimum atomic E-state index is -5.31. The first-order valence-corrected chi connectivity index (χ1v) is 13.3. The maximum atomic E-state index is 13.1. The summed E-state index contributed by atoms with van der Waals surface area (Å²) >= 11 is 0. The summed E-state index contributed by atoms with van der Waals surface area (Å²) in [5.74, 6) is 2.35. The number of carbonyl (C=O) groups excluding carboxylic acids is 1. The van der Waals surface area contributed by atoms with Gasteiger partial charge in [0.25, 0.3) is 0 Å². The molecule has 0 heterocycles. The predicted octanol–water partition coefficient (Wildman–Crippen LogP) is 5.67. The first-order valence-electron chi connectivity index (χ1n) is 11.9. The van der Waals surface area contributed by atoms with E-state index < -0.39 is 21.8 Å². The van der Waals surface area contributed by atoms with Crippen molar-refractivity contribution in [1.29, 1.82) is 0 Å². The molecule has 4 aliphatic rings. The van der Waals surface area contributed by atoms with Crippen molar-refractivity contribution in [3.8, 4) is 0 Å². The van der Waals surface area contributed by atoms with Crippen molar-refractivity contribution in [3.63, 3.8) is 0 Å². The number of ether oxygens (including phenoxy) is 1. The van der Waals surface area contributed by atoms with E-state index in [1.807, 2.05) is 0 Å². The highest BCUT2D eigenvalue weighted by Crippen LogP contribution is 2.55. The van der Waals surface area contributed by atoms with Crippen LogP contribution in [0.5, 0.6) is 0 Å². The van der Waals surface area contributed by atoms with Crippen LogP contribution in [-0.2, 0) is 14.9 Å². The fourth-order valence-electron chi connectivity index (χ4n) is 6.30. The molecule has 0 radical (unpaired) electrons. The number of nitrogens with one attached hydrogen (secondary N) is 1. The van der Waals surface area contributed by atoms with Crippen LogP contribution in [0.2, 0.25) is 0 Å². The van der Waals surface area contributed by atoms with Crippen molar-refractivity contribution >= 4 is 16.2 Å². The maximum absolute atomic E-state index is 13.1. The predicted molar refractivity (Wildman–Crippen MR) is 113 cm³/mol. The number of alkyl carbamates (subject to hydrolysis) is 1. The highest BCUT2D eigenvalue weighted by atomic mass is 32.2. The molecule has 4 aliphatic carbocycles. The molecule has 2 N–H and O–H groups in total. The van der Waals surface area contributed by atoms with E-state index in [2.05, 4.69) is 5.32 Å². The molecule has 9 heteroatoms. The molecule has 0 aromatic carbocycles. The molecule has 4 rings (SSSR count). The Hall–Kier alpha value is -0.960. The van der Waals surface area contributed by atoms with Crippen LogP contribution in [0.1, 0.15) is 96.3 Å². The summed E-state index contributed by atoms with van der Waals surface area (Å²) in [6.45, 7) is 0.420. The van der Waals surface area contributed by atoms with Crippen LogP contribution in [-0.4, -0.2) is 36.5 Å². The Labute approximate surface area is 184 Å². The van der Waals surface area contributed by atoms with Gasteiger partial charge in [-0.3, -0.25) is 4.55 Å². The van der Waals surface area contributed by atoms with E-state index in [4.69, 9.17) is 9.29 Å². The standard InChI is InChI=1S/C22H37F2NO5S/c23-22(24,31(27,28)29)9-7-5-3-1-2-4-6-8-10-30-20(26)25-21-14-17-11-18(15-21)13-19(12-17)16-21/h17-19H,1-16H2,(H,25,26)(H,27,28,29). The molecule has 4 fully saturated rings. The molecule has 0 atom stereocenters. The second kappa shape index (κ2) is 10.3. The van der Waals surface area contributed by atoms with E-state index in [9.17, 15) is 22.0 Å². The second-order valence-corrected chi connectivity index (χ2v) is 11.7. The van der Waals surface area contributed by atoms with E-state index in [1.165, 1.54) is 19.3 Å². The minimum absolute atomic E-state index is 0.0167. The van der Waals surface area contributed by atoms with Crippen LogP contribution >= 0.6 is 0 Å². The number of hydrogen-bond acceptors (Lipinski definition) is 4.